The van der Waals surface area contributed by atoms with Crippen molar-refractivity contribution in [2.45, 2.75) is 71.4 Å². The molecule has 3 rings (SSSR count). The number of hydrogen-bond acceptors (Lipinski definition) is 3. The van der Waals surface area contributed by atoms with Gasteiger partial charge in [-0.25, -0.2) is 0 Å². The van der Waals surface area contributed by atoms with E-state index in [9.17, 15) is 9.90 Å². The topological polar surface area (TPSA) is 52.6 Å². The minimum atomic E-state index is -0.221. The van der Waals surface area contributed by atoms with Gasteiger partial charge in [-0.05, 0) is 83.7 Å². The Morgan fingerprint density at radius 3 is 2.78 bits per heavy atom. The summed E-state index contributed by atoms with van der Waals surface area (Å²) in [5.41, 5.74) is 4.02. The lowest BCUT2D eigenvalue weighted by Crippen LogP contribution is -2.46. The first-order chi connectivity index (χ1) is 15.1. The summed E-state index contributed by atoms with van der Waals surface area (Å²) < 4.78 is 0. The highest BCUT2D eigenvalue weighted by Crippen LogP contribution is 2.47. The van der Waals surface area contributed by atoms with Gasteiger partial charge in [-0.2, -0.15) is 0 Å². The summed E-state index contributed by atoms with van der Waals surface area (Å²) in [5.74, 6) is 1.43. The van der Waals surface area contributed by atoms with Crippen molar-refractivity contribution < 1.29 is 9.90 Å². The number of aliphatic hydroxyl groups excluding tert-OH is 1. The van der Waals surface area contributed by atoms with Crippen LogP contribution in [-0.4, -0.2) is 47.7 Å². The number of carbonyl (C=O) groups excluding carboxylic acids is 1. The van der Waals surface area contributed by atoms with E-state index in [-0.39, 0.29) is 23.5 Å². The van der Waals surface area contributed by atoms with Gasteiger partial charge in [0.1, 0.15) is 0 Å². The fraction of sp³-hybridized carbons (Fsp3) is 0.607. The third-order valence-electron chi connectivity index (χ3n) is 7.27. The van der Waals surface area contributed by atoms with Gasteiger partial charge in [0.25, 0.3) is 0 Å². The van der Waals surface area contributed by atoms with E-state index >= 15 is 0 Å². The Labute approximate surface area is 194 Å². The molecule has 1 fully saturated rings. The van der Waals surface area contributed by atoms with E-state index < -0.39 is 0 Å². The van der Waals surface area contributed by atoms with Crippen molar-refractivity contribution in [3.63, 3.8) is 0 Å². The second-order valence-electron chi connectivity index (χ2n) is 10.7. The van der Waals surface area contributed by atoms with Crippen LogP contribution in [0.1, 0.15) is 57.6 Å². The van der Waals surface area contributed by atoms with Gasteiger partial charge in [-0.3, -0.25) is 4.79 Å². The molecule has 2 aliphatic rings. The van der Waals surface area contributed by atoms with Crippen LogP contribution in [0.2, 0.25) is 0 Å². The molecule has 4 nitrogen and oxygen atoms in total. The van der Waals surface area contributed by atoms with Gasteiger partial charge in [0, 0.05) is 18.5 Å². The van der Waals surface area contributed by atoms with Crippen molar-refractivity contribution in [1.82, 2.24) is 10.2 Å². The van der Waals surface area contributed by atoms with Crippen LogP contribution in [0.3, 0.4) is 0 Å². The zero-order valence-electron chi connectivity index (χ0n) is 20.6. The predicted octanol–water partition coefficient (Wildman–Crippen LogP) is 4.66. The number of likely N-dealkylation sites (N-methyl/N-ethyl adjacent to an activating group) is 1. The average molecular weight is 439 g/mol. The van der Waals surface area contributed by atoms with Gasteiger partial charge in [0.05, 0.1) is 12.6 Å². The number of nitrogens with one attached hydrogen (secondary N) is 1. The molecular weight excluding hydrogens is 396 g/mol. The Kier molecular flexibility index (Phi) is 8.35. The maximum atomic E-state index is 12.3. The zero-order valence-corrected chi connectivity index (χ0v) is 20.6. The van der Waals surface area contributed by atoms with E-state index in [1.165, 1.54) is 16.7 Å². The summed E-state index contributed by atoms with van der Waals surface area (Å²) in [6.45, 7) is 9.50. The van der Waals surface area contributed by atoms with Crippen LogP contribution in [0, 0.1) is 24.7 Å². The number of benzene rings is 1. The number of nitrogens with zero attached hydrogens (tertiary/aromatic N) is 1. The lowest BCUT2D eigenvalue weighted by atomic mass is 9.89. The second kappa shape index (κ2) is 10.8. The van der Waals surface area contributed by atoms with E-state index in [0.29, 0.717) is 18.4 Å². The third kappa shape index (κ3) is 6.55. The van der Waals surface area contributed by atoms with E-state index in [1.54, 1.807) is 4.90 Å². The highest BCUT2D eigenvalue weighted by Gasteiger charge is 2.43. The van der Waals surface area contributed by atoms with Crippen molar-refractivity contribution >= 4 is 5.91 Å². The summed E-state index contributed by atoms with van der Waals surface area (Å²) in [4.78, 5) is 14.1. The van der Waals surface area contributed by atoms with Crippen LogP contribution >= 0.6 is 0 Å². The standard InChI is InChI=1S/C28H42N2O2/c1-20-9-8-11-21(15-20)10-6-7-12-24-25-17-22(16-23(25)18-26(24)31)13-14-29-19-27(32)30(5)28(2,3)4/h7-9,11-12,15-16,23-26,29,31H,6,10,13-14,17-19H2,1-5H3/t23-,24+,25-,26+/m0/s1. The maximum Gasteiger partial charge on any atom is 0.236 e. The van der Waals surface area contributed by atoms with Crippen LogP contribution in [0.15, 0.2) is 48.1 Å². The van der Waals surface area contributed by atoms with Crippen molar-refractivity contribution in [3.8, 4) is 0 Å². The summed E-state index contributed by atoms with van der Waals surface area (Å²) in [7, 11) is 1.87. The highest BCUT2D eigenvalue weighted by atomic mass is 16.3. The predicted molar refractivity (Wildman–Crippen MR) is 132 cm³/mol. The minimum absolute atomic E-state index is 0.133. The maximum absolute atomic E-state index is 12.3. The zero-order chi connectivity index (χ0) is 23.3. The molecule has 32 heavy (non-hydrogen) atoms. The molecule has 1 aromatic carbocycles. The monoisotopic (exact) mass is 438 g/mol. The van der Waals surface area contributed by atoms with Gasteiger partial charge in [0.15, 0.2) is 0 Å². The molecule has 4 atom stereocenters. The molecule has 0 radical (unpaired) electrons. The quantitative estimate of drug-likeness (QED) is 0.435. The van der Waals surface area contributed by atoms with Gasteiger partial charge in [-0.1, -0.05) is 53.6 Å². The number of hydrogen-bond donors (Lipinski definition) is 2. The molecular formula is C28H42N2O2. The molecule has 176 valence electrons. The Bertz CT molecular complexity index is 836. The molecule has 2 aliphatic carbocycles. The Morgan fingerprint density at radius 2 is 2.06 bits per heavy atom. The van der Waals surface area contributed by atoms with Crippen molar-refractivity contribution in [2.24, 2.45) is 17.8 Å². The first kappa shape index (κ1) is 24.7. The smallest absolute Gasteiger partial charge is 0.236 e. The van der Waals surface area contributed by atoms with Gasteiger partial charge < -0.3 is 15.3 Å². The van der Waals surface area contributed by atoms with E-state index in [1.807, 2.05) is 7.05 Å². The van der Waals surface area contributed by atoms with Crippen molar-refractivity contribution in [2.75, 3.05) is 20.1 Å². The molecule has 0 heterocycles. The second-order valence-corrected chi connectivity index (χ2v) is 10.7. The normalized spacial score (nSPS) is 25.2. The van der Waals surface area contributed by atoms with Gasteiger partial charge in [0.2, 0.25) is 5.91 Å². The number of aryl methyl sites for hydroxylation is 2. The summed E-state index contributed by atoms with van der Waals surface area (Å²) in [5, 5.41) is 13.9. The number of rotatable bonds is 9. The van der Waals surface area contributed by atoms with E-state index in [4.69, 9.17) is 0 Å². The molecule has 2 N–H and O–H groups in total. The number of carbonyl (C=O) groups is 1. The minimum Gasteiger partial charge on any atom is -0.392 e. The largest absolute Gasteiger partial charge is 0.392 e. The van der Waals surface area contributed by atoms with Crippen LogP contribution in [0.25, 0.3) is 0 Å². The van der Waals surface area contributed by atoms with Crippen molar-refractivity contribution in [1.29, 1.82) is 0 Å². The summed E-state index contributed by atoms with van der Waals surface area (Å²) >= 11 is 0. The number of fused-ring (bicyclic) bond motifs is 1. The molecule has 1 saturated carbocycles. The average Bonchev–Trinajstić information content (AvgIpc) is 3.24. The van der Waals surface area contributed by atoms with Gasteiger partial charge >= 0.3 is 0 Å². The first-order valence-electron chi connectivity index (χ1n) is 12.2. The van der Waals surface area contributed by atoms with Crippen LogP contribution in [-0.2, 0) is 11.2 Å². The summed E-state index contributed by atoms with van der Waals surface area (Å²) in [6, 6.07) is 8.71. The Morgan fingerprint density at radius 1 is 1.28 bits per heavy atom. The Hall–Kier alpha value is -1.91. The number of allylic oxidation sites excluding steroid dienone is 2. The fourth-order valence-corrected chi connectivity index (χ4v) is 5.10. The number of amides is 1. The van der Waals surface area contributed by atoms with E-state index in [0.717, 1.165) is 38.6 Å². The first-order valence-corrected chi connectivity index (χ1v) is 12.2. The lowest BCUT2D eigenvalue weighted by Gasteiger charge is -2.32. The van der Waals surface area contributed by atoms with Crippen LogP contribution in [0.4, 0.5) is 0 Å². The van der Waals surface area contributed by atoms with Gasteiger partial charge in [-0.15, -0.1) is 0 Å². The molecule has 0 saturated heterocycles. The third-order valence-corrected chi connectivity index (χ3v) is 7.27. The summed E-state index contributed by atoms with van der Waals surface area (Å²) in [6.07, 6.45) is 11.7. The van der Waals surface area contributed by atoms with Crippen LogP contribution < -0.4 is 5.32 Å². The molecule has 0 aliphatic heterocycles. The molecule has 0 spiro atoms. The molecule has 1 aromatic rings. The lowest BCUT2D eigenvalue weighted by molar-refractivity contribution is -0.133. The SMILES string of the molecule is Cc1cccc(CCC=C[C@@H]2[C@H]3CC(CCNCC(=O)N(C)C(C)(C)C)=C[C@H]3C[C@H]2O)c1. The molecule has 0 aromatic heterocycles. The highest BCUT2D eigenvalue weighted by molar-refractivity contribution is 5.78. The molecule has 0 bridgehead atoms. The number of aliphatic hydroxyl groups is 1. The van der Waals surface area contributed by atoms with Crippen LogP contribution in [0.5, 0.6) is 0 Å². The molecule has 1 amide bonds. The molecule has 0 unspecified atom stereocenters. The van der Waals surface area contributed by atoms with E-state index in [2.05, 4.69) is 75.5 Å². The fourth-order valence-electron chi connectivity index (χ4n) is 5.10. The molecule has 4 heteroatoms. The van der Waals surface area contributed by atoms with Crippen molar-refractivity contribution in [3.05, 3.63) is 59.2 Å². The Balaban J connectivity index is 1.41.